The molecule has 2 aromatic carbocycles. The van der Waals surface area contributed by atoms with Crippen molar-refractivity contribution in [2.75, 3.05) is 18.1 Å². The van der Waals surface area contributed by atoms with Gasteiger partial charge >= 0.3 is 0 Å². The van der Waals surface area contributed by atoms with E-state index in [0.29, 0.717) is 61.0 Å². The van der Waals surface area contributed by atoms with E-state index in [2.05, 4.69) is 15.2 Å². The second-order valence-electron chi connectivity index (χ2n) is 9.53. The third-order valence-electron chi connectivity index (χ3n) is 6.52. The molecule has 0 spiro atoms. The highest BCUT2D eigenvalue weighted by atomic mass is 35.5. The molecule has 3 heterocycles. The van der Waals surface area contributed by atoms with Crippen LogP contribution in [0.3, 0.4) is 0 Å². The molecule has 1 N–H and O–H groups in total. The zero-order valence-electron chi connectivity index (χ0n) is 23.9. The highest BCUT2D eigenvalue weighted by Crippen LogP contribution is 2.46. The van der Waals surface area contributed by atoms with Gasteiger partial charge in [0.2, 0.25) is 10.9 Å². The van der Waals surface area contributed by atoms with Crippen molar-refractivity contribution in [3.8, 4) is 11.5 Å². The summed E-state index contributed by atoms with van der Waals surface area (Å²) in [5, 5.41) is 21.4. The van der Waals surface area contributed by atoms with Gasteiger partial charge in [-0.05, 0) is 56.5 Å². The van der Waals surface area contributed by atoms with Crippen LogP contribution in [0.1, 0.15) is 57.8 Å². The normalized spacial score (nSPS) is 15.0. The highest BCUT2D eigenvalue weighted by Gasteiger charge is 2.47. The summed E-state index contributed by atoms with van der Waals surface area (Å²) in [4.78, 5) is 33.7. The minimum absolute atomic E-state index is 0.0538. The fourth-order valence-electron chi connectivity index (χ4n) is 4.62. The average molecular weight is 657 g/mol. The number of ether oxygens (including phenoxy) is 2. The van der Waals surface area contributed by atoms with Gasteiger partial charge in [0.05, 0.1) is 40.4 Å². The van der Waals surface area contributed by atoms with Crippen LogP contribution in [-0.2, 0) is 10.5 Å². The van der Waals surface area contributed by atoms with Gasteiger partial charge in [-0.15, -0.1) is 21.5 Å². The molecular weight excluding hydrogens is 628 g/mol. The molecule has 43 heavy (non-hydrogen) atoms. The number of halogens is 1. The number of ketones is 1. The molecule has 1 aliphatic heterocycles. The lowest BCUT2D eigenvalue weighted by molar-refractivity contribution is -0.117. The van der Waals surface area contributed by atoms with E-state index in [9.17, 15) is 14.7 Å². The largest absolute Gasteiger partial charge is 0.503 e. The predicted octanol–water partition coefficient (Wildman–Crippen LogP) is 7.53. The van der Waals surface area contributed by atoms with Gasteiger partial charge in [0.1, 0.15) is 0 Å². The number of hydrogen-bond acceptors (Lipinski definition) is 11. The fourth-order valence-corrected chi connectivity index (χ4v) is 7.65. The molecule has 0 bridgehead atoms. The van der Waals surface area contributed by atoms with Crippen molar-refractivity contribution in [1.82, 2.24) is 15.2 Å². The summed E-state index contributed by atoms with van der Waals surface area (Å²) in [6, 6.07) is 11.8. The Morgan fingerprint density at radius 3 is 2.58 bits per heavy atom. The molecule has 1 aliphatic rings. The Hall–Kier alpha value is -3.45. The minimum atomic E-state index is -0.990. The number of aromatic nitrogens is 3. The van der Waals surface area contributed by atoms with E-state index < -0.39 is 23.5 Å². The Kier molecular flexibility index (Phi) is 9.70. The van der Waals surface area contributed by atoms with E-state index in [-0.39, 0.29) is 10.7 Å². The zero-order valence-corrected chi connectivity index (χ0v) is 27.1. The fraction of sp³-hybridized carbons (Fsp3) is 0.300. The number of aliphatic hydroxyl groups excluding tert-OH is 1. The van der Waals surface area contributed by atoms with Crippen LogP contribution in [0.4, 0.5) is 5.13 Å². The van der Waals surface area contributed by atoms with Crippen LogP contribution in [0.2, 0.25) is 5.02 Å². The van der Waals surface area contributed by atoms with Gasteiger partial charge in [-0.25, -0.2) is 4.98 Å². The van der Waals surface area contributed by atoms with Gasteiger partial charge in [-0.3, -0.25) is 14.5 Å². The van der Waals surface area contributed by atoms with Gasteiger partial charge in [0.15, 0.2) is 21.6 Å². The van der Waals surface area contributed by atoms with E-state index in [1.807, 2.05) is 38.1 Å². The Morgan fingerprint density at radius 2 is 1.88 bits per heavy atom. The Labute approximate surface area is 266 Å². The molecule has 0 saturated heterocycles. The van der Waals surface area contributed by atoms with Gasteiger partial charge < -0.3 is 14.6 Å². The maximum Gasteiger partial charge on any atom is 0.296 e. The Morgan fingerprint density at radius 1 is 1.09 bits per heavy atom. The molecule has 0 aliphatic carbocycles. The molecular formula is C30H29ClN4O5S3. The van der Waals surface area contributed by atoms with E-state index in [1.165, 1.54) is 39.3 Å². The van der Waals surface area contributed by atoms with Crippen LogP contribution in [0, 0.1) is 13.8 Å². The third kappa shape index (κ3) is 6.42. The number of Topliss-reactive ketones (excluding diaryl/α,β-unsaturated/α-hetero) is 1. The number of nitrogens with zero attached hydrogens (tertiary/aromatic N) is 4. The van der Waals surface area contributed by atoms with Gasteiger partial charge in [-0.2, -0.15) is 0 Å². The monoisotopic (exact) mass is 656 g/mol. The number of anilines is 1. The number of benzene rings is 2. The quantitative estimate of drug-likeness (QED) is 0.0939. The van der Waals surface area contributed by atoms with Crippen LogP contribution in [0.25, 0.3) is 0 Å². The van der Waals surface area contributed by atoms with Crippen molar-refractivity contribution in [3.63, 3.8) is 0 Å². The number of rotatable bonds is 12. The number of carbonyl (C=O) groups excluding carboxylic acids is 2. The lowest BCUT2D eigenvalue weighted by atomic mass is 9.95. The van der Waals surface area contributed by atoms with Crippen LogP contribution < -0.4 is 14.4 Å². The Bertz CT molecular complexity index is 1700. The van der Waals surface area contributed by atoms with Crippen molar-refractivity contribution in [2.45, 2.75) is 50.3 Å². The summed E-state index contributed by atoms with van der Waals surface area (Å²) < 4.78 is 12.4. The second kappa shape index (κ2) is 13.5. The molecule has 0 fully saturated rings. The van der Waals surface area contributed by atoms with Gasteiger partial charge in [0.25, 0.3) is 5.91 Å². The average Bonchev–Trinajstić information content (AvgIpc) is 3.67. The number of aliphatic hydroxyl groups is 1. The van der Waals surface area contributed by atoms with Gasteiger partial charge in [-0.1, -0.05) is 65.9 Å². The van der Waals surface area contributed by atoms with E-state index in [1.54, 1.807) is 32.0 Å². The molecule has 1 amide bonds. The smallest absolute Gasteiger partial charge is 0.296 e. The summed E-state index contributed by atoms with van der Waals surface area (Å²) in [7, 11) is 0. The van der Waals surface area contributed by atoms with Crippen molar-refractivity contribution in [3.05, 3.63) is 85.5 Å². The summed E-state index contributed by atoms with van der Waals surface area (Å²) in [5.41, 5.74) is 1.97. The number of aryl methyl sites for hydroxylation is 2. The van der Waals surface area contributed by atoms with Crippen LogP contribution in [0.15, 0.2) is 58.1 Å². The van der Waals surface area contributed by atoms with Crippen molar-refractivity contribution >= 4 is 62.9 Å². The molecule has 4 aromatic rings. The molecule has 9 nitrogen and oxygen atoms in total. The molecule has 224 valence electrons. The van der Waals surface area contributed by atoms with Crippen molar-refractivity contribution in [2.24, 2.45) is 0 Å². The molecule has 0 saturated carbocycles. The first kappa shape index (κ1) is 31.0. The van der Waals surface area contributed by atoms with Gasteiger partial charge in [0, 0.05) is 10.8 Å². The molecule has 1 unspecified atom stereocenters. The summed E-state index contributed by atoms with van der Waals surface area (Å²) >= 11 is 10.2. The lowest BCUT2D eigenvalue weighted by Gasteiger charge is -2.25. The standard InChI is InChI=1S/C30H29ClN4O5S3/c1-5-13-40-21-12-11-18(14-22(21)39-6-2)24-23(25(36)27-16(3)32-17(4)42-27)26(37)28(38)35(24)29-33-34-30(43-29)41-15-19-9-7-8-10-20(19)31/h7-12,14,24,37H,5-6,13,15H2,1-4H3. The molecule has 2 aromatic heterocycles. The molecule has 0 radical (unpaired) electrons. The highest BCUT2D eigenvalue weighted by molar-refractivity contribution is 8.00. The first-order valence-corrected chi connectivity index (χ1v) is 16.6. The second-order valence-corrected chi connectivity index (χ2v) is 13.3. The van der Waals surface area contributed by atoms with Crippen LogP contribution in [-0.4, -0.2) is 45.2 Å². The summed E-state index contributed by atoms with van der Waals surface area (Å²) in [6.07, 6.45) is 0.814. The van der Waals surface area contributed by atoms with Crippen molar-refractivity contribution < 1.29 is 24.2 Å². The molecule has 13 heteroatoms. The number of hydrogen-bond donors (Lipinski definition) is 1. The zero-order chi connectivity index (χ0) is 30.7. The topological polar surface area (TPSA) is 115 Å². The maximum atomic E-state index is 14.0. The maximum absolute atomic E-state index is 14.0. The molecule has 1 atom stereocenters. The number of amides is 1. The van der Waals surface area contributed by atoms with Crippen LogP contribution >= 0.6 is 46.0 Å². The predicted molar refractivity (Wildman–Crippen MR) is 170 cm³/mol. The first-order valence-electron chi connectivity index (χ1n) is 13.6. The summed E-state index contributed by atoms with van der Waals surface area (Å²) in [5.74, 6) is -0.270. The minimum Gasteiger partial charge on any atom is -0.503 e. The third-order valence-corrected chi connectivity index (χ3v) is 10.1. The van der Waals surface area contributed by atoms with E-state index >= 15 is 0 Å². The number of thioether (sulfide) groups is 1. The molecule has 5 rings (SSSR count). The van der Waals surface area contributed by atoms with Crippen LogP contribution in [0.5, 0.6) is 11.5 Å². The van der Waals surface area contributed by atoms with E-state index in [0.717, 1.165) is 12.0 Å². The number of carbonyl (C=O) groups is 2. The van der Waals surface area contributed by atoms with Crippen molar-refractivity contribution in [1.29, 1.82) is 0 Å². The first-order chi connectivity index (χ1) is 20.7. The lowest BCUT2D eigenvalue weighted by Crippen LogP contribution is -2.31. The summed E-state index contributed by atoms with van der Waals surface area (Å²) in [6.45, 7) is 8.29. The SMILES string of the molecule is CCCOc1ccc(C2C(C(=O)c3sc(C)nc3C)=C(O)C(=O)N2c2nnc(SCc3ccccc3Cl)s2)cc1OCC. The Balaban J connectivity index is 1.56. The van der Waals surface area contributed by atoms with E-state index in [4.69, 9.17) is 21.1 Å². The number of thiazole rings is 1.